The third-order valence-corrected chi connectivity index (χ3v) is 4.55. The van der Waals surface area contributed by atoms with Gasteiger partial charge in [-0.1, -0.05) is 11.8 Å². The van der Waals surface area contributed by atoms with Crippen molar-refractivity contribution < 1.29 is 14.6 Å². The molecule has 0 aromatic carbocycles. The Morgan fingerprint density at radius 3 is 3.14 bits per heavy atom. The van der Waals surface area contributed by atoms with Crippen LogP contribution in [0.5, 0.6) is 0 Å². The predicted octanol–water partition coefficient (Wildman–Crippen LogP) is 2.09. The van der Waals surface area contributed by atoms with Gasteiger partial charge in [0.1, 0.15) is 0 Å². The summed E-state index contributed by atoms with van der Waals surface area (Å²) in [6.45, 7) is 4.75. The SMILES string of the molecule is Cc1cc(C(=O)NC2CCOC(C)C2)sc1C#CCCO. The van der Waals surface area contributed by atoms with Gasteiger partial charge in [0, 0.05) is 19.1 Å². The molecule has 1 aromatic heterocycles. The maximum absolute atomic E-state index is 12.3. The number of rotatable bonds is 3. The van der Waals surface area contributed by atoms with Crippen molar-refractivity contribution in [1.82, 2.24) is 5.32 Å². The Bertz CT molecular complexity index is 556. The van der Waals surface area contributed by atoms with Crippen LogP contribution < -0.4 is 5.32 Å². The summed E-state index contributed by atoms with van der Waals surface area (Å²) in [4.78, 5) is 13.9. The number of thiophene rings is 1. The molecule has 2 unspecified atom stereocenters. The van der Waals surface area contributed by atoms with E-state index in [1.54, 1.807) is 0 Å². The van der Waals surface area contributed by atoms with E-state index in [1.807, 2.05) is 19.9 Å². The van der Waals surface area contributed by atoms with E-state index < -0.39 is 0 Å². The normalized spacial score (nSPS) is 21.5. The van der Waals surface area contributed by atoms with Crippen LogP contribution in [0.4, 0.5) is 0 Å². The number of aryl methyl sites for hydroxylation is 1. The summed E-state index contributed by atoms with van der Waals surface area (Å²) in [5, 5.41) is 11.8. The predicted molar refractivity (Wildman–Crippen MR) is 83.5 cm³/mol. The first-order chi connectivity index (χ1) is 10.1. The van der Waals surface area contributed by atoms with Gasteiger partial charge in [0.15, 0.2) is 0 Å². The lowest BCUT2D eigenvalue weighted by molar-refractivity contribution is 0.0137. The molecule has 4 nitrogen and oxygen atoms in total. The molecule has 2 rings (SSSR count). The number of ether oxygens (including phenoxy) is 1. The van der Waals surface area contributed by atoms with Gasteiger partial charge in [-0.25, -0.2) is 0 Å². The van der Waals surface area contributed by atoms with Gasteiger partial charge in [0.05, 0.1) is 22.5 Å². The smallest absolute Gasteiger partial charge is 0.261 e. The topological polar surface area (TPSA) is 58.6 Å². The van der Waals surface area contributed by atoms with Crippen molar-refractivity contribution in [3.63, 3.8) is 0 Å². The van der Waals surface area contributed by atoms with Gasteiger partial charge in [-0.05, 0) is 38.3 Å². The first-order valence-electron chi connectivity index (χ1n) is 7.22. The van der Waals surface area contributed by atoms with Crippen LogP contribution in [-0.2, 0) is 4.74 Å². The van der Waals surface area contributed by atoms with Crippen molar-refractivity contribution in [1.29, 1.82) is 0 Å². The number of nitrogens with one attached hydrogen (secondary N) is 1. The number of aliphatic hydroxyl groups is 1. The van der Waals surface area contributed by atoms with Gasteiger partial charge in [-0.2, -0.15) is 0 Å². The average molecular weight is 307 g/mol. The van der Waals surface area contributed by atoms with E-state index in [0.29, 0.717) is 17.9 Å². The fraction of sp³-hybridized carbons (Fsp3) is 0.562. The first kappa shape index (κ1) is 16.0. The fourth-order valence-corrected chi connectivity index (χ4v) is 3.25. The molecule has 21 heavy (non-hydrogen) atoms. The zero-order chi connectivity index (χ0) is 15.2. The molecule has 0 saturated carbocycles. The lowest BCUT2D eigenvalue weighted by Gasteiger charge is -2.27. The highest BCUT2D eigenvalue weighted by Crippen LogP contribution is 2.22. The summed E-state index contributed by atoms with van der Waals surface area (Å²) in [5.74, 6) is 5.87. The second-order valence-corrected chi connectivity index (χ2v) is 6.33. The number of amides is 1. The molecule has 114 valence electrons. The standard InChI is InChI=1S/C16H21NO3S/c1-11-9-15(21-14(11)5-3-4-7-18)16(19)17-13-6-8-20-12(2)10-13/h9,12-13,18H,4,6-8,10H2,1-2H3,(H,17,19). The molecule has 0 bridgehead atoms. The van der Waals surface area contributed by atoms with Crippen LogP contribution >= 0.6 is 11.3 Å². The molecule has 2 heterocycles. The summed E-state index contributed by atoms with van der Waals surface area (Å²) in [6, 6.07) is 2.07. The van der Waals surface area contributed by atoms with Gasteiger partial charge in [-0.3, -0.25) is 4.79 Å². The van der Waals surface area contributed by atoms with Crippen LogP contribution in [0.15, 0.2) is 6.07 Å². The van der Waals surface area contributed by atoms with Gasteiger partial charge in [0.25, 0.3) is 5.91 Å². The monoisotopic (exact) mass is 307 g/mol. The molecule has 0 radical (unpaired) electrons. The molecule has 1 aliphatic heterocycles. The minimum Gasteiger partial charge on any atom is -0.395 e. The third-order valence-electron chi connectivity index (χ3n) is 3.40. The Labute approximate surface area is 129 Å². The molecular weight excluding hydrogens is 286 g/mol. The highest BCUT2D eigenvalue weighted by molar-refractivity contribution is 7.14. The summed E-state index contributed by atoms with van der Waals surface area (Å²) in [6.07, 6.45) is 2.39. The minimum absolute atomic E-state index is 0.0302. The molecule has 2 N–H and O–H groups in total. The number of hydrogen-bond acceptors (Lipinski definition) is 4. The minimum atomic E-state index is -0.0302. The lowest BCUT2D eigenvalue weighted by atomic mass is 10.0. The molecule has 5 heteroatoms. The van der Waals surface area contributed by atoms with Crippen LogP contribution in [0.25, 0.3) is 0 Å². The van der Waals surface area contributed by atoms with Gasteiger partial charge in [0.2, 0.25) is 0 Å². The Morgan fingerprint density at radius 1 is 1.62 bits per heavy atom. The Kier molecular flexibility index (Phi) is 5.80. The van der Waals surface area contributed by atoms with E-state index in [2.05, 4.69) is 17.2 Å². The first-order valence-corrected chi connectivity index (χ1v) is 8.04. The van der Waals surface area contributed by atoms with Crippen molar-refractivity contribution in [2.75, 3.05) is 13.2 Å². The molecule has 1 fully saturated rings. The van der Waals surface area contributed by atoms with Crippen LogP contribution in [0.1, 0.15) is 46.3 Å². The zero-order valence-corrected chi connectivity index (χ0v) is 13.3. The molecule has 1 saturated heterocycles. The van der Waals surface area contributed by atoms with E-state index >= 15 is 0 Å². The van der Waals surface area contributed by atoms with E-state index in [4.69, 9.17) is 9.84 Å². The quantitative estimate of drug-likeness (QED) is 0.841. The van der Waals surface area contributed by atoms with Crippen molar-refractivity contribution in [2.24, 2.45) is 0 Å². The summed E-state index contributed by atoms with van der Waals surface area (Å²) >= 11 is 1.41. The summed E-state index contributed by atoms with van der Waals surface area (Å²) < 4.78 is 5.49. The number of carbonyl (C=O) groups excluding carboxylic acids is 1. The Balaban J connectivity index is 1.99. The second-order valence-electron chi connectivity index (χ2n) is 5.27. The summed E-state index contributed by atoms with van der Waals surface area (Å²) in [7, 11) is 0. The Morgan fingerprint density at radius 2 is 2.43 bits per heavy atom. The molecule has 2 atom stereocenters. The molecule has 1 aromatic rings. The van der Waals surface area contributed by atoms with Crippen molar-refractivity contribution >= 4 is 17.2 Å². The number of hydrogen-bond donors (Lipinski definition) is 2. The Hall–Kier alpha value is -1.35. The van der Waals surface area contributed by atoms with Gasteiger partial charge >= 0.3 is 0 Å². The van der Waals surface area contributed by atoms with Crippen molar-refractivity contribution in [3.05, 3.63) is 21.4 Å². The number of carbonyl (C=O) groups is 1. The van der Waals surface area contributed by atoms with Crippen LogP contribution in [-0.4, -0.2) is 36.4 Å². The third kappa shape index (κ3) is 4.57. The maximum Gasteiger partial charge on any atom is 0.261 e. The van der Waals surface area contributed by atoms with E-state index in [0.717, 1.165) is 23.3 Å². The maximum atomic E-state index is 12.3. The largest absolute Gasteiger partial charge is 0.395 e. The van der Waals surface area contributed by atoms with Gasteiger partial charge < -0.3 is 15.2 Å². The zero-order valence-electron chi connectivity index (χ0n) is 12.4. The van der Waals surface area contributed by atoms with E-state index in [1.165, 1.54) is 11.3 Å². The van der Waals surface area contributed by atoms with Crippen LogP contribution in [0.2, 0.25) is 0 Å². The van der Waals surface area contributed by atoms with E-state index in [9.17, 15) is 4.79 Å². The van der Waals surface area contributed by atoms with Crippen LogP contribution in [0, 0.1) is 18.8 Å². The highest BCUT2D eigenvalue weighted by Gasteiger charge is 2.22. The molecule has 1 amide bonds. The summed E-state index contributed by atoms with van der Waals surface area (Å²) in [5.41, 5.74) is 1.01. The fourth-order valence-electron chi connectivity index (χ4n) is 2.30. The van der Waals surface area contributed by atoms with Gasteiger partial charge in [-0.15, -0.1) is 11.3 Å². The molecule has 0 aliphatic carbocycles. The van der Waals surface area contributed by atoms with Crippen molar-refractivity contribution in [2.45, 2.75) is 45.3 Å². The highest BCUT2D eigenvalue weighted by atomic mass is 32.1. The molecule has 0 spiro atoms. The number of aliphatic hydroxyl groups excluding tert-OH is 1. The molecule has 1 aliphatic rings. The van der Waals surface area contributed by atoms with Crippen LogP contribution in [0.3, 0.4) is 0 Å². The second kappa shape index (κ2) is 7.60. The van der Waals surface area contributed by atoms with E-state index in [-0.39, 0.29) is 24.7 Å². The lowest BCUT2D eigenvalue weighted by Crippen LogP contribution is -2.41. The van der Waals surface area contributed by atoms with Crippen molar-refractivity contribution in [3.8, 4) is 11.8 Å². The molecular formula is C16H21NO3S. The average Bonchev–Trinajstić information content (AvgIpc) is 2.81.